The lowest BCUT2D eigenvalue weighted by Gasteiger charge is -2.22. The van der Waals surface area contributed by atoms with Crippen molar-refractivity contribution in [2.24, 2.45) is 5.92 Å². The van der Waals surface area contributed by atoms with Crippen molar-refractivity contribution in [3.05, 3.63) is 39.5 Å². The highest BCUT2D eigenvalue weighted by atomic mass is 35.5. The van der Waals surface area contributed by atoms with Crippen molar-refractivity contribution >= 4 is 23.2 Å². The monoisotopic (exact) mass is 377 g/mol. The van der Waals surface area contributed by atoms with Crippen LogP contribution < -0.4 is 5.32 Å². The van der Waals surface area contributed by atoms with Crippen LogP contribution in [-0.4, -0.2) is 28.9 Å². The average molecular weight is 378 g/mol. The number of hydrogen-bond acceptors (Lipinski definition) is 3. The first-order valence-corrected chi connectivity index (χ1v) is 9.81. The van der Waals surface area contributed by atoms with Crippen LogP contribution in [0.2, 0.25) is 10.0 Å². The number of nitrogens with one attached hydrogen (secondary N) is 2. The largest absolute Gasteiger partial charge is 0.372 e. The Morgan fingerprint density at radius 2 is 1.92 bits per heavy atom. The molecule has 1 aromatic heterocycles. The first-order valence-electron chi connectivity index (χ1n) is 9.06. The fourth-order valence-electron chi connectivity index (χ4n) is 4.24. The van der Waals surface area contributed by atoms with E-state index in [4.69, 9.17) is 27.9 Å². The number of piperidine rings is 1. The molecule has 0 amide bonds. The maximum atomic E-state index is 6.50. The summed E-state index contributed by atoms with van der Waals surface area (Å²) in [4.78, 5) is 0. The van der Waals surface area contributed by atoms with E-state index in [0.717, 1.165) is 29.9 Å². The first-order chi connectivity index (χ1) is 12.2. The van der Waals surface area contributed by atoms with Gasteiger partial charge in [-0.3, -0.25) is 5.10 Å². The highest BCUT2D eigenvalue weighted by Crippen LogP contribution is 2.44. The van der Waals surface area contributed by atoms with E-state index in [0.29, 0.717) is 40.6 Å². The smallest absolute Gasteiger partial charge is 0.0954 e. The van der Waals surface area contributed by atoms with Gasteiger partial charge in [-0.05, 0) is 61.3 Å². The van der Waals surface area contributed by atoms with Crippen molar-refractivity contribution in [1.29, 1.82) is 0 Å². The van der Waals surface area contributed by atoms with E-state index in [1.165, 1.54) is 24.8 Å². The van der Waals surface area contributed by atoms with Gasteiger partial charge in [-0.25, -0.2) is 0 Å². The minimum absolute atomic E-state index is 0.364. The molecule has 0 spiro atoms. The van der Waals surface area contributed by atoms with Crippen LogP contribution in [0.3, 0.4) is 0 Å². The molecule has 132 valence electrons. The summed E-state index contributed by atoms with van der Waals surface area (Å²) >= 11 is 13.0. The molecule has 2 aromatic rings. The molecule has 2 N–H and O–H groups in total. The lowest BCUT2D eigenvalue weighted by atomic mass is 10.1. The third kappa shape index (κ3) is 3.10. The lowest BCUT2D eigenvalue weighted by molar-refractivity contribution is 0.00801. The van der Waals surface area contributed by atoms with Gasteiger partial charge in [0, 0.05) is 18.2 Å². The molecule has 6 heteroatoms. The Morgan fingerprint density at radius 3 is 2.56 bits per heavy atom. The van der Waals surface area contributed by atoms with Gasteiger partial charge in [-0.1, -0.05) is 23.2 Å². The molecule has 3 aliphatic rings. The predicted molar refractivity (Wildman–Crippen MR) is 99.1 cm³/mol. The SMILES string of the molecule is Clc1cc(C2CC2)cc(Cl)c1-c1cc(CO[C@@H]2C[C@@H]3C[C@H]2CN3)[nH]n1. The van der Waals surface area contributed by atoms with Crippen LogP contribution >= 0.6 is 23.2 Å². The number of hydrogen-bond donors (Lipinski definition) is 2. The summed E-state index contributed by atoms with van der Waals surface area (Å²) in [7, 11) is 0. The molecule has 4 nitrogen and oxygen atoms in total. The lowest BCUT2D eigenvalue weighted by Crippen LogP contribution is -2.34. The molecule has 2 aliphatic carbocycles. The average Bonchev–Trinajstić information content (AvgIpc) is 3.00. The summed E-state index contributed by atoms with van der Waals surface area (Å²) in [5, 5.41) is 12.3. The zero-order chi connectivity index (χ0) is 17.0. The Kier molecular flexibility index (Phi) is 4.05. The third-order valence-corrected chi connectivity index (χ3v) is 6.35. The van der Waals surface area contributed by atoms with Crippen molar-refractivity contribution in [3.8, 4) is 11.3 Å². The molecule has 3 fully saturated rings. The van der Waals surface area contributed by atoms with E-state index in [1.807, 2.05) is 18.2 Å². The molecule has 1 aromatic carbocycles. The minimum Gasteiger partial charge on any atom is -0.372 e. The number of rotatable bonds is 5. The van der Waals surface area contributed by atoms with Gasteiger partial charge in [0.15, 0.2) is 0 Å². The molecular weight excluding hydrogens is 357 g/mol. The Hall–Kier alpha value is -1.07. The fraction of sp³-hybridized carbons (Fsp3) is 0.526. The van der Waals surface area contributed by atoms with E-state index < -0.39 is 0 Å². The molecule has 2 bridgehead atoms. The molecule has 2 heterocycles. The van der Waals surface area contributed by atoms with Crippen molar-refractivity contribution in [1.82, 2.24) is 15.5 Å². The summed E-state index contributed by atoms with van der Waals surface area (Å²) in [5.74, 6) is 1.29. The standard InChI is InChI=1S/C19H21Cl2N3O/c20-15-4-11(10-1-2-10)5-16(21)19(15)17-6-14(23-24-17)9-25-18-7-13-3-12(18)8-22-13/h4-6,10,12-13,18,22H,1-3,7-9H2,(H,23,24)/t12-,13-,18+/m0/s1. The number of nitrogens with zero attached hydrogens (tertiary/aromatic N) is 1. The van der Waals surface area contributed by atoms with Gasteiger partial charge in [-0.15, -0.1) is 0 Å². The van der Waals surface area contributed by atoms with Crippen molar-refractivity contribution < 1.29 is 4.74 Å². The van der Waals surface area contributed by atoms with E-state index in [9.17, 15) is 0 Å². The Bertz CT molecular complexity index is 779. The molecule has 2 saturated carbocycles. The molecule has 5 rings (SSSR count). The normalized spacial score (nSPS) is 28.0. The van der Waals surface area contributed by atoms with Gasteiger partial charge in [0.2, 0.25) is 0 Å². The predicted octanol–water partition coefficient (Wildman–Crippen LogP) is 4.53. The van der Waals surface area contributed by atoms with Crippen LogP contribution in [0.5, 0.6) is 0 Å². The van der Waals surface area contributed by atoms with E-state index in [1.54, 1.807) is 0 Å². The summed E-state index contributed by atoms with van der Waals surface area (Å²) in [6, 6.07) is 6.71. The van der Waals surface area contributed by atoms with Crippen molar-refractivity contribution in [2.45, 2.75) is 50.4 Å². The zero-order valence-electron chi connectivity index (χ0n) is 13.9. The second-order valence-electron chi connectivity index (χ2n) is 7.60. The minimum atomic E-state index is 0.364. The quantitative estimate of drug-likeness (QED) is 0.804. The summed E-state index contributed by atoms with van der Waals surface area (Å²) in [6.45, 7) is 1.64. The Labute approximate surface area is 157 Å². The maximum Gasteiger partial charge on any atom is 0.0954 e. The fourth-order valence-corrected chi connectivity index (χ4v) is 4.94. The second kappa shape index (κ2) is 6.27. The van der Waals surface area contributed by atoms with Crippen LogP contribution in [0, 0.1) is 5.92 Å². The molecule has 3 atom stereocenters. The molecule has 0 radical (unpaired) electrons. The number of aromatic nitrogens is 2. The summed E-state index contributed by atoms with van der Waals surface area (Å²) in [5.41, 5.74) is 3.79. The van der Waals surface area contributed by atoms with Crippen molar-refractivity contribution in [2.75, 3.05) is 6.54 Å². The van der Waals surface area contributed by atoms with Crippen LogP contribution in [0.25, 0.3) is 11.3 Å². The number of H-pyrrole nitrogens is 1. The van der Waals surface area contributed by atoms with E-state index in [-0.39, 0.29) is 0 Å². The number of benzene rings is 1. The van der Waals surface area contributed by atoms with Crippen molar-refractivity contribution in [3.63, 3.8) is 0 Å². The van der Waals surface area contributed by atoms with Crippen LogP contribution in [0.1, 0.15) is 42.9 Å². The first kappa shape index (κ1) is 16.1. The van der Waals surface area contributed by atoms with Crippen LogP contribution in [0.15, 0.2) is 18.2 Å². The van der Waals surface area contributed by atoms with Gasteiger partial charge < -0.3 is 10.1 Å². The van der Waals surface area contributed by atoms with Gasteiger partial charge in [0.1, 0.15) is 0 Å². The highest BCUT2D eigenvalue weighted by Gasteiger charge is 2.40. The van der Waals surface area contributed by atoms with Crippen LogP contribution in [0.4, 0.5) is 0 Å². The van der Waals surface area contributed by atoms with Crippen LogP contribution in [-0.2, 0) is 11.3 Å². The molecule has 0 unspecified atom stereocenters. The number of halogens is 2. The van der Waals surface area contributed by atoms with Gasteiger partial charge in [0.25, 0.3) is 0 Å². The maximum absolute atomic E-state index is 6.50. The summed E-state index contributed by atoms with van der Waals surface area (Å²) in [6.07, 6.45) is 5.19. The molecule has 1 saturated heterocycles. The Morgan fingerprint density at radius 1 is 1.12 bits per heavy atom. The number of aromatic amines is 1. The van der Waals surface area contributed by atoms with Gasteiger partial charge in [0.05, 0.1) is 34.1 Å². The topological polar surface area (TPSA) is 49.9 Å². The number of fused-ring (bicyclic) bond motifs is 2. The number of ether oxygens (including phenoxy) is 1. The highest BCUT2D eigenvalue weighted by molar-refractivity contribution is 6.39. The molecule has 1 aliphatic heterocycles. The second-order valence-corrected chi connectivity index (χ2v) is 8.41. The molecule has 25 heavy (non-hydrogen) atoms. The Balaban J connectivity index is 1.31. The molecular formula is C19H21Cl2N3O. The van der Waals surface area contributed by atoms with E-state index >= 15 is 0 Å². The summed E-state index contributed by atoms with van der Waals surface area (Å²) < 4.78 is 6.11. The zero-order valence-corrected chi connectivity index (χ0v) is 15.4. The third-order valence-electron chi connectivity index (χ3n) is 5.75. The van der Waals surface area contributed by atoms with Gasteiger partial charge in [-0.2, -0.15) is 5.10 Å². The van der Waals surface area contributed by atoms with Gasteiger partial charge >= 0.3 is 0 Å². The van der Waals surface area contributed by atoms with E-state index in [2.05, 4.69) is 15.5 Å².